The summed E-state index contributed by atoms with van der Waals surface area (Å²) >= 11 is 5.49. The van der Waals surface area contributed by atoms with Crippen molar-refractivity contribution in [1.29, 1.82) is 0 Å². The summed E-state index contributed by atoms with van der Waals surface area (Å²) in [7, 11) is -2.58. The van der Waals surface area contributed by atoms with Crippen molar-refractivity contribution in [2.75, 3.05) is 0 Å². The molecule has 1 N–H and O–H groups in total. The Morgan fingerprint density at radius 2 is 2.14 bits per heavy atom. The lowest BCUT2D eigenvalue weighted by Gasteiger charge is -2.06. The molecule has 1 aromatic heterocycles. The maximum absolute atomic E-state index is 13.6. The van der Waals surface area contributed by atoms with Crippen LogP contribution in [0.4, 0.5) is 4.39 Å². The van der Waals surface area contributed by atoms with Crippen LogP contribution in [0.1, 0.15) is 16.2 Å². The Bertz CT molecular complexity index is 820. The smallest absolute Gasteiger partial charge is 0.337 e. The number of benzene rings is 1. The van der Waals surface area contributed by atoms with Crippen molar-refractivity contribution in [3.05, 3.63) is 34.4 Å². The molecule has 0 aliphatic heterocycles. The average molecular weight is 335 g/mol. The number of aryl methyl sites for hydroxylation is 1. The standard InChI is InChI=1S/C10H8ClFN4O4S/c1-16-14-8(13-15-16)4-21(19,20)5-2-6(10(17)18)9(11)7(12)3-5/h2-3H,4H2,1H3,(H,17,18). The van der Waals surface area contributed by atoms with E-state index in [4.69, 9.17) is 16.7 Å². The number of carboxylic acids is 1. The zero-order chi connectivity index (χ0) is 15.8. The van der Waals surface area contributed by atoms with Gasteiger partial charge < -0.3 is 5.11 Å². The molecule has 2 rings (SSSR count). The first-order valence-electron chi connectivity index (χ1n) is 5.38. The van der Waals surface area contributed by atoms with Gasteiger partial charge in [0.1, 0.15) is 11.6 Å². The lowest BCUT2D eigenvalue weighted by atomic mass is 10.2. The van der Waals surface area contributed by atoms with Crippen molar-refractivity contribution >= 4 is 27.4 Å². The van der Waals surface area contributed by atoms with Crippen molar-refractivity contribution in [3.8, 4) is 0 Å². The first-order chi connectivity index (χ1) is 9.70. The molecule has 1 heterocycles. The topological polar surface area (TPSA) is 115 Å². The summed E-state index contributed by atoms with van der Waals surface area (Å²) in [5.41, 5.74) is -0.637. The Morgan fingerprint density at radius 3 is 2.67 bits per heavy atom. The van der Waals surface area contributed by atoms with Gasteiger partial charge in [-0.05, 0) is 17.3 Å². The molecule has 1 aromatic carbocycles. The van der Waals surface area contributed by atoms with E-state index in [1.807, 2.05) is 0 Å². The summed E-state index contributed by atoms with van der Waals surface area (Å²) in [5, 5.41) is 18.9. The molecule has 11 heteroatoms. The predicted molar refractivity (Wildman–Crippen MR) is 68.1 cm³/mol. The summed E-state index contributed by atoms with van der Waals surface area (Å²) in [5.74, 6) is -3.40. The van der Waals surface area contributed by atoms with Crippen LogP contribution in [0.25, 0.3) is 0 Å². The zero-order valence-electron chi connectivity index (χ0n) is 10.5. The van der Waals surface area contributed by atoms with Gasteiger partial charge in [0.2, 0.25) is 0 Å². The lowest BCUT2D eigenvalue weighted by Crippen LogP contribution is -2.10. The van der Waals surface area contributed by atoms with Crippen molar-refractivity contribution < 1.29 is 22.7 Å². The number of nitrogens with zero attached hydrogens (tertiary/aromatic N) is 4. The van der Waals surface area contributed by atoms with E-state index in [0.29, 0.717) is 6.07 Å². The highest BCUT2D eigenvalue weighted by Crippen LogP contribution is 2.26. The van der Waals surface area contributed by atoms with Gasteiger partial charge in [0.25, 0.3) is 0 Å². The van der Waals surface area contributed by atoms with Crippen LogP contribution in [0.3, 0.4) is 0 Å². The highest BCUT2D eigenvalue weighted by atomic mass is 35.5. The van der Waals surface area contributed by atoms with E-state index in [9.17, 15) is 17.6 Å². The molecule has 0 amide bonds. The second-order valence-electron chi connectivity index (χ2n) is 4.03. The second kappa shape index (κ2) is 5.37. The minimum absolute atomic E-state index is 0.0928. The van der Waals surface area contributed by atoms with Crippen LogP contribution < -0.4 is 0 Å². The van der Waals surface area contributed by atoms with Gasteiger partial charge in [-0.25, -0.2) is 17.6 Å². The van der Waals surface area contributed by atoms with Gasteiger partial charge in [-0.2, -0.15) is 4.80 Å². The lowest BCUT2D eigenvalue weighted by molar-refractivity contribution is 0.0696. The van der Waals surface area contributed by atoms with Crippen molar-refractivity contribution in [2.24, 2.45) is 7.05 Å². The fourth-order valence-electron chi connectivity index (χ4n) is 1.53. The van der Waals surface area contributed by atoms with Crippen LogP contribution in [-0.4, -0.2) is 39.7 Å². The number of hydrogen-bond acceptors (Lipinski definition) is 6. The fraction of sp³-hybridized carbons (Fsp3) is 0.200. The summed E-state index contributed by atoms with van der Waals surface area (Å²) < 4.78 is 37.8. The molecule has 0 saturated heterocycles. The molecule has 0 aliphatic rings. The quantitative estimate of drug-likeness (QED) is 0.873. The number of aromatic carboxylic acids is 1. The molecule has 0 radical (unpaired) electrons. The number of sulfone groups is 1. The number of halogens is 2. The molecule has 0 atom stereocenters. The molecule has 0 bridgehead atoms. The third kappa shape index (κ3) is 3.16. The maximum Gasteiger partial charge on any atom is 0.337 e. The van der Waals surface area contributed by atoms with E-state index in [1.165, 1.54) is 7.05 Å². The van der Waals surface area contributed by atoms with E-state index in [0.717, 1.165) is 10.9 Å². The summed E-state index contributed by atoms with van der Waals surface area (Å²) in [6.45, 7) is 0. The summed E-state index contributed by atoms with van der Waals surface area (Å²) in [4.78, 5) is 11.5. The molecule has 0 aliphatic carbocycles. The molecule has 112 valence electrons. The predicted octanol–water partition coefficient (Wildman–Crippen LogP) is 0.675. The van der Waals surface area contributed by atoms with Crippen LogP contribution in [-0.2, 0) is 22.6 Å². The number of aromatic nitrogens is 4. The van der Waals surface area contributed by atoms with Gasteiger partial charge in [-0.1, -0.05) is 11.6 Å². The van der Waals surface area contributed by atoms with Gasteiger partial charge in [-0.15, -0.1) is 10.2 Å². The molecule has 0 saturated carbocycles. The second-order valence-corrected chi connectivity index (χ2v) is 6.39. The Balaban J connectivity index is 2.47. The van der Waals surface area contributed by atoms with Crippen molar-refractivity contribution in [1.82, 2.24) is 20.2 Å². The molecular formula is C10H8ClFN4O4S. The van der Waals surface area contributed by atoms with E-state index >= 15 is 0 Å². The molecule has 0 unspecified atom stereocenters. The van der Waals surface area contributed by atoms with E-state index in [-0.39, 0.29) is 5.82 Å². The van der Waals surface area contributed by atoms with E-state index < -0.39 is 42.9 Å². The molecule has 21 heavy (non-hydrogen) atoms. The minimum atomic E-state index is -4.04. The van der Waals surface area contributed by atoms with Crippen LogP contribution in [0, 0.1) is 5.82 Å². The molecule has 2 aromatic rings. The first-order valence-corrected chi connectivity index (χ1v) is 7.41. The first kappa shape index (κ1) is 15.3. The van der Waals surface area contributed by atoms with Gasteiger partial charge in [0, 0.05) is 0 Å². The van der Waals surface area contributed by atoms with Crippen LogP contribution >= 0.6 is 11.6 Å². The average Bonchev–Trinajstić information content (AvgIpc) is 2.76. The van der Waals surface area contributed by atoms with Gasteiger partial charge >= 0.3 is 5.97 Å². The third-order valence-electron chi connectivity index (χ3n) is 2.46. The van der Waals surface area contributed by atoms with E-state index in [1.54, 1.807) is 0 Å². The van der Waals surface area contributed by atoms with Gasteiger partial charge in [0.15, 0.2) is 15.7 Å². The number of rotatable bonds is 4. The fourth-order valence-corrected chi connectivity index (χ4v) is 2.93. The normalized spacial score (nSPS) is 11.6. The van der Waals surface area contributed by atoms with Gasteiger partial charge in [-0.3, -0.25) is 0 Å². The minimum Gasteiger partial charge on any atom is -0.478 e. The van der Waals surface area contributed by atoms with Crippen LogP contribution in [0.15, 0.2) is 17.0 Å². The van der Waals surface area contributed by atoms with E-state index in [2.05, 4.69) is 15.4 Å². The third-order valence-corrected chi connectivity index (χ3v) is 4.44. The molecule has 0 fully saturated rings. The zero-order valence-corrected chi connectivity index (χ0v) is 12.1. The summed E-state index contributed by atoms with van der Waals surface area (Å²) in [6.07, 6.45) is 0. The van der Waals surface area contributed by atoms with Crippen molar-refractivity contribution in [2.45, 2.75) is 10.6 Å². The van der Waals surface area contributed by atoms with Crippen LogP contribution in [0.2, 0.25) is 5.02 Å². The Labute approximate surface area is 123 Å². The highest BCUT2D eigenvalue weighted by Gasteiger charge is 2.23. The number of carbonyl (C=O) groups is 1. The Morgan fingerprint density at radius 1 is 1.48 bits per heavy atom. The highest BCUT2D eigenvalue weighted by molar-refractivity contribution is 7.90. The largest absolute Gasteiger partial charge is 0.478 e. The van der Waals surface area contributed by atoms with Gasteiger partial charge in [0.05, 0.1) is 22.5 Å². The number of carboxylic acid groups (broad SMARTS) is 1. The Kier molecular flexibility index (Phi) is 3.92. The summed E-state index contributed by atoms with van der Waals surface area (Å²) in [6, 6.07) is 1.44. The Hall–Kier alpha value is -2.07. The molecular weight excluding hydrogens is 327 g/mol. The molecule has 0 spiro atoms. The SMILES string of the molecule is Cn1nnc(CS(=O)(=O)c2cc(F)c(Cl)c(C(=O)O)c2)n1. The van der Waals surface area contributed by atoms with Crippen molar-refractivity contribution in [3.63, 3.8) is 0 Å². The number of hydrogen-bond donors (Lipinski definition) is 1. The monoisotopic (exact) mass is 334 g/mol. The number of tetrazole rings is 1. The molecule has 8 nitrogen and oxygen atoms in total. The van der Waals surface area contributed by atoms with Crippen LogP contribution in [0.5, 0.6) is 0 Å². The maximum atomic E-state index is 13.6.